The van der Waals surface area contributed by atoms with Crippen LogP contribution in [0.15, 0.2) is 48.7 Å². The molecule has 0 unspecified atom stereocenters. The zero-order chi connectivity index (χ0) is 21.5. The molecule has 6 heteroatoms. The van der Waals surface area contributed by atoms with Gasteiger partial charge in [0.1, 0.15) is 11.5 Å². The fourth-order valence-electron chi connectivity index (χ4n) is 3.26. The molecule has 1 amide bonds. The molecule has 30 heavy (non-hydrogen) atoms. The van der Waals surface area contributed by atoms with E-state index in [0.717, 1.165) is 29.6 Å². The zero-order valence-corrected chi connectivity index (χ0v) is 18.0. The second kappa shape index (κ2) is 9.98. The average molecular weight is 408 g/mol. The van der Waals surface area contributed by atoms with Crippen molar-refractivity contribution in [1.29, 1.82) is 0 Å². The maximum absolute atomic E-state index is 12.3. The van der Waals surface area contributed by atoms with Crippen LogP contribution in [0.3, 0.4) is 0 Å². The third kappa shape index (κ3) is 5.42. The Morgan fingerprint density at radius 1 is 1.10 bits per heavy atom. The van der Waals surface area contributed by atoms with Crippen molar-refractivity contribution in [3.8, 4) is 11.5 Å². The first-order valence-corrected chi connectivity index (χ1v) is 9.91. The fourth-order valence-corrected chi connectivity index (χ4v) is 3.26. The van der Waals surface area contributed by atoms with Crippen LogP contribution >= 0.6 is 0 Å². The number of H-pyrrole nitrogens is 1. The van der Waals surface area contributed by atoms with Crippen molar-refractivity contribution < 1.29 is 14.3 Å². The molecule has 0 fully saturated rings. The first-order valence-electron chi connectivity index (χ1n) is 9.91. The zero-order valence-electron chi connectivity index (χ0n) is 18.0. The van der Waals surface area contributed by atoms with E-state index in [-0.39, 0.29) is 5.91 Å². The molecule has 0 atom stereocenters. The van der Waals surface area contributed by atoms with Gasteiger partial charge in [0.05, 0.1) is 14.2 Å². The fraction of sp³-hybridized carbons (Fsp3) is 0.292. The van der Waals surface area contributed by atoms with Crippen LogP contribution in [0.5, 0.6) is 11.5 Å². The number of aromatic nitrogens is 1. The van der Waals surface area contributed by atoms with Crippen LogP contribution in [-0.2, 0) is 17.8 Å². The minimum absolute atomic E-state index is 0.158. The molecule has 0 aliphatic heterocycles. The van der Waals surface area contributed by atoms with Gasteiger partial charge in [0, 0.05) is 47.9 Å². The molecule has 0 bridgehead atoms. The van der Waals surface area contributed by atoms with Gasteiger partial charge in [-0.25, -0.2) is 0 Å². The summed E-state index contributed by atoms with van der Waals surface area (Å²) in [6.07, 6.45) is 6.44. The topological polar surface area (TPSA) is 66.6 Å². The predicted octanol–water partition coefficient (Wildman–Crippen LogP) is 3.62. The molecule has 0 saturated carbocycles. The number of nitrogens with one attached hydrogen (secondary N) is 2. The number of ether oxygens (including phenoxy) is 2. The number of amides is 1. The summed E-state index contributed by atoms with van der Waals surface area (Å²) in [6, 6.07) is 11.7. The van der Waals surface area contributed by atoms with Gasteiger partial charge in [-0.05, 0) is 62.0 Å². The summed E-state index contributed by atoms with van der Waals surface area (Å²) in [6.45, 7) is 1.37. The molecule has 0 saturated heterocycles. The smallest absolute Gasteiger partial charge is 0.244 e. The molecule has 0 aliphatic rings. The summed E-state index contributed by atoms with van der Waals surface area (Å²) < 4.78 is 10.6. The number of carbonyl (C=O) groups is 1. The van der Waals surface area contributed by atoms with Crippen molar-refractivity contribution >= 4 is 22.9 Å². The van der Waals surface area contributed by atoms with E-state index in [1.165, 1.54) is 10.9 Å². The Bertz CT molecular complexity index is 1040. The van der Waals surface area contributed by atoms with Crippen molar-refractivity contribution in [1.82, 2.24) is 15.2 Å². The van der Waals surface area contributed by atoms with Gasteiger partial charge in [-0.1, -0.05) is 6.07 Å². The van der Waals surface area contributed by atoms with E-state index in [0.29, 0.717) is 18.0 Å². The molecular weight excluding hydrogens is 378 g/mol. The second-order valence-corrected chi connectivity index (χ2v) is 7.40. The number of fused-ring (bicyclic) bond motifs is 1. The molecule has 1 aromatic heterocycles. The molecule has 0 radical (unpaired) electrons. The molecule has 3 aromatic rings. The summed E-state index contributed by atoms with van der Waals surface area (Å²) in [7, 11) is 7.35. The summed E-state index contributed by atoms with van der Waals surface area (Å²) in [5.41, 5.74) is 4.27. The van der Waals surface area contributed by atoms with E-state index in [2.05, 4.69) is 41.6 Å². The van der Waals surface area contributed by atoms with Crippen LogP contribution in [-0.4, -0.2) is 50.7 Å². The first kappa shape index (κ1) is 21.5. The Kier molecular flexibility index (Phi) is 7.14. The van der Waals surface area contributed by atoms with Crippen molar-refractivity contribution in [3.05, 3.63) is 65.4 Å². The van der Waals surface area contributed by atoms with E-state index < -0.39 is 0 Å². The predicted molar refractivity (Wildman–Crippen MR) is 121 cm³/mol. The molecular formula is C24H29N3O3. The summed E-state index contributed by atoms with van der Waals surface area (Å²) in [4.78, 5) is 17.8. The number of benzene rings is 2. The highest BCUT2D eigenvalue weighted by Crippen LogP contribution is 2.24. The largest absolute Gasteiger partial charge is 0.497 e. The Balaban J connectivity index is 1.64. The second-order valence-electron chi connectivity index (χ2n) is 7.40. The van der Waals surface area contributed by atoms with E-state index in [1.807, 2.05) is 30.3 Å². The monoisotopic (exact) mass is 407 g/mol. The van der Waals surface area contributed by atoms with Crippen LogP contribution in [0.4, 0.5) is 0 Å². The Morgan fingerprint density at radius 3 is 2.67 bits per heavy atom. The van der Waals surface area contributed by atoms with Crippen LogP contribution in [0.1, 0.15) is 16.7 Å². The number of hydrogen-bond donors (Lipinski definition) is 2. The third-order valence-corrected chi connectivity index (χ3v) is 4.99. The lowest BCUT2D eigenvalue weighted by molar-refractivity contribution is -0.116. The van der Waals surface area contributed by atoms with Gasteiger partial charge in [0.15, 0.2) is 0 Å². The van der Waals surface area contributed by atoms with E-state index in [4.69, 9.17) is 9.47 Å². The van der Waals surface area contributed by atoms with Crippen molar-refractivity contribution in [2.24, 2.45) is 0 Å². The number of rotatable bonds is 9. The number of nitrogens with zero attached hydrogens (tertiary/aromatic N) is 1. The summed E-state index contributed by atoms with van der Waals surface area (Å²) >= 11 is 0. The molecule has 6 nitrogen and oxygen atoms in total. The lowest BCUT2D eigenvalue weighted by atomic mass is 10.1. The molecule has 1 heterocycles. The lowest BCUT2D eigenvalue weighted by Crippen LogP contribution is -2.20. The normalized spacial score (nSPS) is 11.4. The standard InChI is InChI=1S/C24H29N3O3/c1-27(2)12-11-18-15-25-22-9-5-17(13-21(18)22)6-10-24(28)26-16-19-7-8-20(29-3)14-23(19)30-4/h5-10,13-15,25H,11-12,16H2,1-4H3,(H,26,28). The molecule has 158 valence electrons. The van der Waals surface area contributed by atoms with E-state index in [1.54, 1.807) is 26.4 Å². The maximum Gasteiger partial charge on any atom is 0.244 e. The van der Waals surface area contributed by atoms with Gasteiger partial charge in [-0.3, -0.25) is 4.79 Å². The molecule has 0 aliphatic carbocycles. The Morgan fingerprint density at radius 2 is 1.93 bits per heavy atom. The van der Waals surface area contributed by atoms with Gasteiger partial charge in [0.25, 0.3) is 0 Å². The first-order chi connectivity index (χ1) is 14.5. The minimum atomic E-state index is -0.158. The van der Waals surface area contributed by atoms with Crippen LogP contribution < -0.4 is 14.8 Å². The lowest BCUT2D eigenvalue weighted by Gasteiger charge is -2.10. The van der Waals surface area contributed by atoms with Gasteiger partial charge in [0.2, 0.25) is 5.91 Å². The van der Waals surface area contributed by atoms with Crippen LogP contribution in [0.25, 0.3) is 17.0 Å². The Labute approximate surface area is 177 Å². The third-order valence-electron chi connectivity index (χ3n) is 4.99. The molecule has 3 rings (SSSR count). The van der Waals surface area contributed by atoms with Gasteiger partial charge in [-0.15, -0.1) is 0 Å². The molecule has 0 spiro atoms. The van der Waals surface area contributed by atoms with Gasteiger partial charge in [-0.2, -0.15) is 0 Å². The van der Waals surface area contributed by atoms with E-state index >= 15 is 0 Å². The highest BCUT2D eigenvalue weighted by Gasteiger charge is 2.07. The van der Waals surface area contributed by atoms with E-state index in [9.17, 15) is 4.79 Å². The minimum Gasteiger partial charge on any atom is -0.497 e. The van der Waals surface area contributed by atoms with Gasteiger partial charge >= 0.3 is 0 Å². The highest BCUT2D eigenvalue weighted by molar-refractivity contribution is 5.93. The van der Waals surface area contributed by atoms with Crippen LogP contribution in [0, 0.1) is 0 Å². The van der Waals surface area contributed by atoms with Crippen molar-refractivity contribution in [3.63, 3.8) is 0 Å². The highest BCUT2D eigenvalue weighted by atomic mass is 16.5. The number of methoxy groups -OCH3 is 2. The van der Waals surface area contributed by atoms with Crippen molar-refractivity contribution in [2.75, 3.05) is 34.9 Å². The quantitative estimate of drug-likeness (QED) is 0.532. The van der Waals surface area contributed by atoms with Gasteiger partial charge < -0.3 is 24.7 Å². The van der Waals surface area contributed by atoms with Crippen LogP contribution in [0.2, 0.25) is 0 Å². The number of hydrogen-bond acceptors (Lipinski definition) is 4. The SMILES string of the molecule is COc1ccc(CNC(=O)C=Cc2ccc3[nH]cc(CCN(C)C)c3c2)c(OC)c1. The summed E-state index contributed by atoms with van der Waals surface area (Å²) in [5.74, 6) is 1.24. The molecule has 2 aromatic carbocycles. The van der Waals surface area contributed by atoms with Crippen molar-refractivity contribution in [2.45, 2.75) is 13.0 Å². The Hall–Kier alpha value is -3.25. The average Bonchev–Trinajstić information content (AvgIpc) is 3.16. The summed E-state index contributed by atoms with van der Waals surface area (Å²) in [5, 5.41) is 4.10. The maximum atomic E-state index is 12.3. The number of aromatic amines is 1. The number of likely N-dealkylation sites (N-methyl/N-ethyl adjacent to an activating group) is 1. The molecule has 2 N–H and O–H groups in total. The number of carbonyl (C=O) groups excluding carboxylic acids is 1.